The fraction of sp³-hybridized carbons (Fsp3) is 0.562. The number of aliphatic hydroxyl groups excluding tert-OH is 1. The SMILES string of the molecule is COCCn1ncc2c1C(NC(=O)c1c(CO)noc1C)CCC2. The highest BCUT2D eigenvalue weighted by Crippen LogP contribution is 2.30. The number of methoxy groups -OCH3 is 1. The summed E-state index contributed by atoms with van der Waals surface area (Å²) in [4.78, 5) is 12.7. The first-order chi connectivity index (χ1) is 11.7. The van der Waals surface area contributed by atoms with Crippen molar-refractivity contribution in [2.24, 2.45) is 0 Å². The van der Waals surface area contributed by atoms with E-state index in [1.165, 1.54) is 0 Å². The number of rotatable bonds is 6. The second kappa shape index (κ2) is 7.14. The molecule has 2 heterocycles. The minimum absolute atomic E-state index is 0.124. The molecule has 2 aromatic heterocycles. The van der Waals surface area contributed by atoms with Crippen LogP contribution in [-0.2, 0) is 24.3 Å². The lowest BCUT2D eigenvalue weighted by molar-refractivity contribution is 0.0925. The zero-order chi connectivity index (χ0) is 17.1. The van der Waals surface area contributed by atoms with Crippen LogP contribution in [0.25, 0.3) is 0 Å². The van der Waals surface area contributed by atoms with Gasteiger partial charge in [-0.25, -0.2) is 0 Å². The monoisotopic (exact) mass is 334 g/mol. The standard InChI is InChI=1S/C16H22N4O4/c1-10-14(13(9-21)19-24-10)16(22)18-12-5-3-4-11-8-17-20(15(11)12)6-7-23-2/h8,12,21H,3-7,9H2,1-2H3,(H,18,22). The van der Waals surface area contributed by atoms with E-state index in [9.17, 15) is 9.90 Å². The van der Waals surface area contributed by atoms with Gasteiger partial charge >= 0.3 is 0 Å². The Balaban J connectivity index is 1.83. The molecule has 1 aliphatic rings. The third kappa shape index (κ3) is 3.07. The molecule has 2 aromatic rings. The number of carbonyl (C=O) groups excluding carboxylic acids is 1. The molecule has 0 aromatic carbocycles. The fourth-order valence-corrected chi connectivity index (χ4v) is 3.21. The van der Waals surface area contributed by atoms with E-state index in [2.05, 4.69) is 15.6 Å². The molecular weight excluding hydrogens is 312 g/mol. The molecule has 8 nitrogen and oxygen atoms in total. The molecule has 0 aliphatic heterocycles. The third-order valence-electron chi connectivity index (χ3n) is 4.35. The molecule has 1 amide bonds. The highest BCUT2D eigenvalue weighted by molar-refractivity contribution is 5.96. The van der Waals surface area contributed by atoms with Crippen molar-refractivity contribution in [1.82, 2.24) is 20.3 Å². The molecule has 0 radical (unpaired) electrons. The molecule has 2 N–H and O–H groups in total. The van der Waals surface area contributed by atoms with Crippen molar-refractivity contribution >= 4 is 5.91 Å². The van der Waals surface area contributed by atoms with Gasteiger partial charge in [0.25, 0.3) is 5.91 Å². The lowest BCUT2D eigenvalue weighted by atomic mass is 9.93. The smallest absolute Gasteiger partial charge is 0.257 e. The predicted octanol–water partition coefficient (Wildman–Crippen LogP) is 1.13. The summed E-state index contributed by atoms with van der Waals surface area (Å²) >= 11 is 0. The van der Waals surface area contributed by atoms with Gasteiger partial charge in [-0.1, -0.05) is 5.16 Å². The molecule has 0 bridgehead atoms. The van der Waals surface area contributed by atoms with Crippen LogP contribution in [0.4, 0.5) is 0 Å². The number of aliphatic hydroxyl groups is 1. The summed E-state index contributed by atoms with van der Waals surface area (Å²) in [7, 11) is 1.65. The van der Waals surface area contributed by atoms with Crippen molar-refractivity contribution in [2.45, 2.75) is 45.4 Å². The molecule has 3 rings (SSSR count). The van der Waals surface area contributed by atoms with Crippen LogP contribution in [0, 0.1) is 6.92 Å². The predicted molar refractivity (Wildman–Crippen MR) is 84.4 cm³/mol. The van der Waals surface area contributed by atoms with E-state index in [-0.39, 0.29) is 24.2 Å². The highest BCUT2D eigenvalue weighted by Gasteiger charge is 2.29. The zero-order valence-electron chi connectivity index (χ0n) is 13.9. The summed E-state index contributed by atoms with van der Waals surface area (Å²) in [6.45, 7) is 2.54. The molecular formula is C16H22N4O4. The van der Waals surface area contributed by atoms with Crippen LogP contribution in [0.3, 0.4) is 0 Å². The molecule has 1 unspecified atom stereocenters. The Morgan fingerprint density at radius 1 is 1.58 bits per heavy atom. The van der Waals surface area contributed by atoms with Gasteiger partial charge in [0.15, 0.2) is 0 Å². The maximum Gasteiger partial charge on any atom is 0.257 e. The van der Waals surface area contributed by atoms with Gasteiger partial charge < -0.3 is 19.7 Å². The lowest BCUT2D eigenvalue weighted by Crippen LogP contribution is -2.33. The van der Waals surface area contributed by atoms with Crippen LogP contribution >= 0.6 is 0 Å². The van der Waals surface area contributed by atoms with Crippen molar-refractivity contribution in [2.75, 3.05) is 13.7 Å². The van der Waals surface area contributed by atoms with E-state index in [0.717, 1.165) is 30.5 Å². The second-order valence-corrected chi connectivity index (χ2v) is 5.91. The number of aryl methyl sites for hydroxylation is 2. The number of nitrogens with one attached hydrogen (secondary N) is 1. The highest BCUT2D eigenvalue weighted by atomic mass is 16.5. The largest absolute Gasteiger partial charge is 0.390 e. The molecule has 0 saturated carbocycles. The molecule has 1 aliphatic carbocycles. The topological polar surface area (TPSA) is 102 Å². The minimum atomic E-state index is -0.332. The molecule has 8 heteroatoms. The number of aromatic nitrogens is 3. The summed E-state index contributed by atoms with van der Waals surface area (Å²) in [5, 5.41) is 20.5. The van der Waals surface area contributed by atoms with Crippen LogP contribution in [0.2, 0.25) is 0 Å². The molecule has 24 heavy (non-hydrogen) atoms. The van der Waals surface area contributed by atoms with E-state index >= 15 is 0 Å². The number of nitrogens with zero attached hydrogens (tertiary/aromatic N) is 3. The van der Waals surface area contributed by atoms with Crippen LogP contribution in [0.5, 0.6) is 0 Å². The molecule has 130 valence electrons. The van der Waals surface area contributed by atoms with Gasteiger partial charge in [0.05, 0.1) is 37.7 Å². The van der Waals surface area contributed by atoms with E-state index in [1.807, 2.05) is 10.9 Å². The van der Waals surface area contributed by atoms with Crippen LogP contribution < -0.4 is 5.32 Å². The average molecular weight is 334 g/mol. The van der Waals surface area contributed by atoms with E-state index in [4.69, 9.17) is 9.26 Å². The number of hydrogen-bond acceptors (Lipinski definition) is 6. The van der Waals surface area contributed by atoms with Crippen LogP contribution in [-0.4, -0.2) is 39.7 Å². The molecule has 0 spiro atoms. The first-order valence-electron chi connectivity index (χ1n) is 8.06. The number of carbonyl (C=O) groups is 1. The lowest BCUT2D eigenvalue weighted by Gasteiger charge is -2.25. The quantitative estimate of drug-likeness (QED) is 0.821. The Bertz CT molecular complexity index is 722. The van der Waals surface area contributed by atoms with Gasteiger partial charge in [-0.2, -0.15) is 5.10 Å². The summed E-state index contributed by atoms with van der Waals surface area (Å²) in [5.74, 6) is 0.121. The summed E-state index contributed by atoms with van der Waals surface area (Å²) < 4.78 is 12.1. The Morgan fingerprint density at radius 2 is 2.42 bits per heavy atom. The average Bonchev–Trinajstić information content (AvgIpc) is 3.16. The van der Waals surface area contributed by atoms with Gasteiger partial charge in [-0.3, -0.25) is 9.48 Å². The fourth-order valence-electron chi connectivity index (χ4n) is 3.21. The summed E-state index contributed by atoms with van der Waals surface area (Å²) in [6.07, 6.45) is 4.66. The minimum Gasteiger partial charge on any atom is -0.390 e. The van der Waals surface area contributed by atoms with Gasteiger partial charge in [0.2, 0.25) is 0 Å². The van der Waals surface area contributed by atoms with E-state index in [0.29, 0.717) is 24.5 Å². The maximum atomic E-state index is 12.7. The van der Waals surface area contributed by atoms with Crippen molar-refractivity contribution in [1.29, 1.82) is 0 Å². The Morgan fingerprint density at radius 3 is 3.17 bits per heavy atom. The first kappa shape index (κ1) is 16.7. The van der Waals surface area contributed by atoms with Gasteiger partial charge in [0.1, 0.15) is 17.0 Å². The number of hydrogen-bond donors (Lipinski definition) is 2. The number of ether oxygens (including phenoxy) is 1. The Hall–Kier alpha value is -2.19. The van der Waals surface area contributed by atoms with Crippen molar-refractivity contribution in [3.05, 3.63) is 34.5 Å². The first-order valence-corrected chi connectivity index (χ1v) is 8.06. The normalized spacial score (nSPS) is 16.9. The molecule has 1 atom stereocenters. The number of amides is 1. The van der Waals surface area contributed by atoms with Crippen molar-refractivity contribution < 1.29 is 19.2 Å². The Kier molecular flexibility index (Phi) is 4.96. The van der Waals surface area contributed by atoms with Gasteiger partial charge in [-0.15, -0.1) is 0 Å². The van der Waals surface area contributed by atoms with Crippen molar-refractivity contribution in [3.8, 4) is 0 Å². The second-order valence-electron chi connectivity index (χ2n) is 5.91. The maximum absolute atomic E-state index is 12.7. The zero-order valence-corrected chi connectivity index (χ0v) is 13.9. The third-order valence-corrected chi connectivity index (χ3v) is 4.35. The van der Waals surface area contributed by atoms with Crippen LogP contribution in [0.15, 0.2) is 10.7 Å². The van der Waals surface area contributed by atoms with Crippen molar-refractivity contribution in [3.63, 3.8) is 0 Å². The molecule has 0 fully saturated rings. The van der Waals surface area contributed by atoms with E-state index < -0.39 is 0 Å². The van der Waals surface area contributed by atoms with Gasteiger partial charge in [-0.05, 0) is 31.7 Å². The molecule has 0 saturated heterocycles. The summed E-state index contributed by atoms with van der Waals surface area (Å²) in [6, 6.07) is -0.124. The van der Waals surface area contributed by atoms with E-state index in [1.54, 1.807) is 14.0 Å². The van der Waals surface area contributed by atoms with Crippen LogP contribution in [0.1, 0.15) is 52.0 Å². The summed E-state index contributed by atoms with van der Waals surface area (Å²) in [5.41, 5.74) is 2.76. The number of fused-ring (bicyclic) bond motifs is 1. The Labute approximate surface area is 139 Å². The van der Waals surface area contributed by atoms with Gasteiger partial charge in [0, 0.05) is 7.11 Å².